The van der Waals surface area contributed by atoms with Crippen molar-refractivity contribution < 1.29 is 17.3 Å². The van der Waals surface area contributed by atoms with E-state index in [1.807, 2.05) is 65.8 Å². The zero-order valence-electron chi connectivity index (χ0n) is 30.2. The maximum Gasteiger partial charge on any atom is 0.0928 e. The normalized spacial score (nSPS) is 11.9. The van der Waals surface area contributed by atoms with Crippen molar-refractivity contribution in [2.45, 2.75) is 0 Å². The Morgan fingerprint density at radius 1 is 0.293 bits per heavy atom. The van der Waals surface area contributed by atoms with Crippen molar-refractivity contribution in [2.24, 2.45) is 0 Å². The van der Waals surface area contributed by atoms with Crippen molar-refractivity contribution >= 4 is 96.9 Å². The number of benzene rings is 8. The van der Waals surface area contributed by atoms with Gasteiger partial charge in [0.15, 0.2) is 0 Å². The smallest absolute Gasteiger partial charge is 0.0928 e. The molecule has 8 nitrogen and oxygen atoms in total. The zero-order valence-corrected chi connectivity index (χ0v) is 32.7. The van der Waals surface area contributed by atoms with Gasteiger partial charge in [-0.15, -0.1) is 0 Å². The van der Waals surface area contributed by atoms with Gasteiger partial charge in [0.1, 0.15) is 0 Å². The van der Waals surface area contributed by atoms with Gasteiger partial charge < -0.3 is 29.9 Å². The van der Waals surface area contributed by atoms with Crippen molar-refractivity contribution in [2.75, 3.05) is 0 Å². The van der Waals surface area contributed by atoms with Crippen molar-refractivity contribution in [1.29, 1.82) is 0 Å². The van der Waals surface area contributed by atoms with Crippen LogP contribution in [-0.2, 0) is 17.3 Å². The molecule has 2 aliphatic rings. The minimum absolute atomic E-state index is 0.535. The average Bonchev–Trinajstić information content (AvgIpc) is 3.98. The summed E-state index contributed by atoms with van der Waals surface area (Å²) < 4.78 is 0. The van der Waals surface area contributed by atoms with Gasteiger partial charge in [0, 0.05) is 44.8 Å². The first-order valence-electron chi connectivity index (χ1n) is 18.6. The van der Waals surface area contributed by atoms with E-state index in [0.717, 1.165) is 86.9 Å². The first-order chi connectivity index (χ1) is 28.7. The fourth-order valence-electron chi connectivity index (χ4n) is 8.41. The Balaban J connectivity index is 0.00000181. The molecule has 0 spiro atoms. The van der Waals surface area contributed by atoms with Gasteiger partial charge >= 0.3 is 27.0 Å². The van der Waals surface area contributed by atoms with Crippen LogP contribution in [0.15, 0.2) is 146 Å². The van der Waals surface area contributed by atoms with Crippen molar-refractivity contribution in [3.63, 3.8) is 0 Å². The van der Waals surface area contributed by atoms with Crippen LogP contribution in [0.3, 0.4) is 0 Å². The topological polar surface area (TPSA) is 106 Å². The van der Waals surface area contributed by atoms with Gasteiger partial charge in [-0.05, 0) is 113 Å². The third-order valence-electron chi connectivity index (χ3n) is 11.2. The van der Waals surface area contributed by atoms with Gasteiger partial charge in [-0.2, -0.15) is 0 Å². The van der Waals surface area contributed by atoms with Crippen LogP contribution >= 0.6 is 9.69 Å². The van der Waals surface area contributed by atoms with E-state index in [1.54, 1.807) is 0 Å². The van der Waals surface area contributed by atoms with E-state index >= 15 is 0 Å². The van der Waals surface area contributed by atoms with Crippen LogP contribution in [0.1, 0.15) is 0 Å². The summed E-state index contributed by atoms with van der Waals surface area (Å²) in [5, 5.41) is 12.2. The van der Waals surface area contributed by atoms with E-state index in [-0.39, 0.29) is 0 Å². The van der Waals surface area contributed by atoms with E-state index in [4.69, 9.17) is 39.9 Å². The molecule has 0 radical (unpaired) electrons. The molecule has 0 fully saturated rings. The molecule has 5 heterocycles. The molecule has 8 aromatic carbocycles. The first kappa shape index (κ1) is 33.2. The van der Waals surface area contributed by atoms with Crippen LogP contribution in [0.25, 0.3) is 133 Å². The van der Waals surface area contributed by atoms with Crippen LogP contribution < -0.4 is 9.97 Å². The number of aromatic nitrogens is 8. The summed E-state index contributed by atoms with van der Waals surface area (Å²) >= 11 is 1.82. The largest absolute Gasteiger partial charge is 0.357 e. The molecule has 3 aromatic heterocycles. The Kier molecular flexibility index (Phi) is 7.33. The number of rotatable bonds is 0. The fraction of sp³-hybridized carbons (Fsp3) is 0. The van der Waals surface area contributed by atoms with Gasteiger partial charge in [-0.25, -0.2) is 9.97 Å². The molecule has 10 heteroatoms. The second-order valence-electron chi connectivity index (χ2n) is 14.5. The summed E-state index contributed by atoms with van der Waals surface area (Å²) in [4.78, 5) is 41.6. The predicted molar refractivity (Wildman–Crippen MR) is 230 cm³/mol. The molecule has 11 aromatic rings. The van der Waals surface area contributed by atoms with Crippen LogP contribution in [0.2, 0.25) is 0 Å². The number of hydrogen-bond acceptors (Lipinski definition) is 6. The summed E-state index contributed by atoms with van der Waals surface area (Å²) in [6.07, 6.45) is 0. The van der Waals surface area contributed by atoms with Gasteiger partial charge in [0.25, 0.3) is 0 Å². The number of nitrogens with zero attached hydrogens (tertiary/aromatic N) is 8. The van der Waals surface area contributed by atoms with E-state index in [1.165, 1.54) is 0 Å². The number of fused-ring (bicyclic) bond motifs is 24. The minimum atomic E-state index is 0.535. The summed E-state index contributed by atoms with van der Waals surface area (Å²) in [5.41, 5.74) is 5.67. The SMILES string of the molecule is [Cl][Ru+2].c1ccc2cc3c(cc2c1)-c1nc-3nc2[n-]c(nc3nc(nc4[n-]c(n1)c1cc5ccccc5cc41)-c1cc4ccccc4cc1-3)c1cc3ccccc3cc21. The zero-order chi connectivity index (χ0) is 38.5. The van der Waals surface area contributed by atoms with Crippen molar-refractivity contribution in [3.05, 3.63) is 146 Å². The van der Waals surface area contributed by atoms with Crippen molar-refractivity contribution in [3.8, 4) is 45.6 Å². The molecule has 0 saturated carbocycles. The van der Waals surface area contributed by atoms with Crippen LogP contribution in [0.5, 0.6) is 0 Å². The standard InChI is InChI=1S/C48H24N8.ClH.Ru/c1-2-10-26-18-34-33(17-25(26)9-1)41-49-42(34)54-44-37-21-29-13-5-6-14-30(29)22-38(37)46(51-44)56-48-40-24-32-16-8-7-15-31(32)23-39(40)47(52-48)55-45-36-20-28-12-4-3-11-27(28)19-35(36)43(50-45)53-41;;/h1-24H;1H;/q-2;;+3/p-1. The Bertz CT molecular complexity index is 3270. The second kappa shape index (κ2) is 12.8. The number of halogens is 1. The average molecular weight is 849 g/mol. The Labute approximate surface area is 343 Å². The van der Waals surface area contributed by atoms with Gasteiger partial charge in [0.2, 0.25) is 0 Å². The maximum atomic E-state index is 5.24. The van der Waals surface area contributed by atoms with Gasteiger partial charge in [-0.3, -0.25) is 0 Å². The minimum Gasteiger partial charge on any atom is -0.357 e. The molecule has 0 aliphatic carbocycles. The number of hydrogen-bond donors (Lipinski definition) is 0. The van der Waals surface area contributed by atoms with Gasteiger partial charge in [0.05, 0.1) is 23.3 Å². The summed E-state index contributed by atoms with van der Waals surface area (Å²) in [7, 11) is 4.57. The van der Waals surface area contributed by atoms with Crippen LogP contribution in [0, 0.1) is 0 Å². The third kappa shape index (κ3) is 5.10. The Hall–Kier alpha value is -6.93. The van der Waals surface area contributed by atoms with Crippen molar-refractivity contribution in [1.82, 2.24) is 39.9 Å². The predicted octanol–water partition coefficient (Wildman–Crippen LogP) is 11.4. The van der Waals surface area contributed by atoms with Crippen LogP contribution in [-0.4, -0.2) is 29.9 Å². The maximum absolute atomic E-state index is 5.24. The third-order valence-corrected chi connectivity index (χ3v) is 11.2. The Morgan fingerprint density at radius 3 is 0.724 bits per heavy atom. The summed E-state index contributed by atoms with van der Waals surface area (Å²) in [6.45, 7) is 0. The molecule has 0 amide bonds. The molecule has 2 aliphatic heterocycles. The molecule has 0 N–H and O–H groups in total. The molecule has 0 saturated heterocycles. The molecular formula is C48H24ClN8Ru. The summed E-state index contributed by atoms with van der Waals surface area (Å²) in [5.74, 6) is 2.14. The van der Waals surface area contributed by atoms with E-state index in [9.17, 15) is 0 Å². The second-order valence-corrected chi connectivity index (χ2v) is 14.5. The molecule has 271 valence electrons. The summed E-state index contributed by atoms with van der Waals surface area (Å²) in [6, 6.07) is 50.4. The quantitative estimate of drug-likeness (QED) is 0.139. The molecular weight excluding hydrogens is 825 g/mol. The molecule has 0 atom stereocenters. The first-order valence-corrected chi connectivity index (χ1v) is 20.9. The van der Waals surface area contributed by atoms with Crippen LogP contribution in [0.4, 0.5) is 0 Å². The molecule has 8 bridgehead atoms. The van der Waals surface area contributed by atoms with Gasteiger partial charge in [-0.1, -0.05) is 97.1 Å². The molecule has 58 heavy (non-hydrogen) atoms. The van der Waals surface area contributed by atoms with E-state index < -0.39 is 0 Å². The Morgan fingerprint density at radius 2 is 0.500 bits per heavy atom. The van der Waals surface area contributed by atoms with E-state index in [2.05, 4.69) is 107 Å². The van der Waals surface area contributed by atoms with E-state index in [0.29, 0.717) is 45.9 Å². The fourth-order valence-corrected chi connectivity index (χ4v) is 8.41. The monoisotopic (exact) mass is 849 g/mol. The molecule has 13 rings (SSSR count). The molecule has 0 unspecified atom stereocenters.